The molecule has 4 aromatic rings. The fourth-order valence-electron chi connectivity index (χ4n) is 5.21. The van der Waals surface area contributed by atoms with Gasteiger partial charge in [0.15, 0.2) is 0 Å². The zero-order chi connectivity index (χ0) is 34.0. The van der Waals surface area contributed by atoms with Crippen LogP contribution < -0.4 is 14.4 Å². The topological polar surface area (TPSA) is 96.0 Å². The average Bonchev–Trinajstić information content (AvgIpc) is 3.06. The van der Waals surface area contributed by atoms with Gasteiger partial charge in [0.2, 0.25) is 11.8 Å². The van der Waals surface area contributed by atoms with E-state index < -0.39 is 28.5 Å². The molecule has 0 aliphatic rings. The molecule has 1 N–H and O–H groups in total. The average molecular weight is 676 g/mol. The molecular weight excluding hydrogens is 634 g/mol. The number of ether oxygens (including phenoxy) is 1. The van der Waals surface area contributed by atoms with Crippen LogP contribution in [-0.4, -0.2) is 51.4 Å². The van der Waals surface area contributed by atoms with E-state index in [4.69, 9.17) is 16.3 Å². The van der Waals surface area contributed by atoms with Crippen molar-refractivity contribution >= 4 is 39.1 Å². The number of rotatable bonds is 15. The van der Waals surface area contributed by atoms with Crippen LogP contribution in [0.1, 0.15) is 42.0 Å². The number of carbonyl (C=O) groups is 2. The number of halogens is 1. The molecular formula is C37H42ClN3O5S. The normalized spacial score (nSPS) is 11.9. The number of carbonyl (C=O) groups excluding carboxylic acids is 2. The van der Waals surface area contributed by atoms with E-state index in [0.29, 0.717) is 12.3 Å². The Morgan fingerprint density at radius 1 is 0.915 bits per heavy atom. The SMILES string of the molecule is CCCCNC(=O)[C@H](Cc1ccccc1)N(Cc1ccccc1C)C(=O)CN(c1ccc(OC)c(Cl)c1)S(=O)(=O)c1ccc(C)cc1. The zero-order valence-electron chi connectivity index (χ0n) is 27.3. The number of benzene rings is 4. The summed E-state index contributed by atoms with van der Waals surface area (Å²) in [7, 11) is -2.79. The second kappa shape index (κ2) is 16.5. The van der Waals surface area contributed by atoms with Crippen molar-refractivity contribution in [3.05, 3.63) is 124 Å². The molecule has 248 valence electrons. The van der Waals surface area contributed by atoms with Gasteiger partial charge in [-0.1, -0.05) is 97.2 Å². The number of sulfonamides is 1. The van der Waals surface area contributed by atoms with Crippen molar-refractivity contribution in [2.24, 2.45) is 0 Å². The quantitative estimate of drug-likeness (QED) is 0.141. The second-order valence-corrected chi connectivity index (χ2v) is 13.7. The summed E-state index contributed by atoms with van der Waals surface area (Å²) in [6.07, 6.45) is 1.93. The van der Waals surface area contributed by atoms with E-state index in [2.05, 4.69) is 5.32 Å². The Hall–Kier alpha value is -4.34. The monoisotopic (exact) mass is 675 g/mol. The van der Waals surface area contributed by atoms with E-state index in [-0.39, 0.29) is 34.5 Å². The first-order valence-corrected chi connectivity index (χ1v) is 17.5. The standard InChI is InChI=1S/C37H42ClN3O5S/c1-5-6-22-39-37(43)34(23-29-13-8-7-9-14-29)40(25-30-15-11-10-12-28(30)3)36(42)26-41(31-18-21-35(46-4)33(38)24-31)47(44,45)32-19-16-27(2)17-20-32/h7-21,24,34H,5-6,22-23,25-26H2,1-4H3,(H,39,43)/t34-/m0/s1. The predicted octanol–water partition coefficient (Wildman–Crippen LogP) is 6.72. The third-order valence-electron chi connectivity index (χ3n) is 8.01. The second-order valence-electron chi connectivity index (χ2n) is 11.4. The van der Waals surface area contributed by atoms with Gasteiger partial charge in [0.1, 0.15) is 18.3 Å². The smallest absolute Gasteiger partial charge is 0.264 e. The summed E-state index contributed by atoms with van der Waals surface area (Å²) in [4.78, 5) is 30.0. The molecule has 0 aromatic heterocycles. The van der Waals surface area contributed by atoms with E-state index in [1.54, 1.807) is 24.3 Å². The summed E-state index contributed by atoms with van der Waals surface area (Å²) in [6, 6.07) is 27.2. The zero-order valence-corrected chi connectivity index (χ0v) is 28.9. The van der Waals surface area contributed by atoms with Gasteiger partial charge >= 0.3 is 0 Å². The van der Waals surface area contributed by atoms with Crippen LogP contribution in [0, 0.1) is 13.8 Å². The van der Waals surface area contributed by atoms with Gasteiger partial charge in [-0.3, -0.25) is 13.9 Å². The maximum absolute atomic E-state index is 14.6. The van der Waals surface area contributed by atoms with Crippen molar-refractivity contribution in [2.75, 3.05) is 24.5 Å². The molecule has 0 fully saturated rings. The van der Waals surface area contributed by atoms with Gasteiger partial charge in [0, 0.05) is 19.5 Å². The Morgan fingerprint density at radius 3 is 2.23 bits per heavy atom. The first-order chi connectivity index (χ1) is 22.5. The highest BCUT2D eigenvalue weighted by molar-refractivity contribution is 7.92. The molecule has 4 aromatic carbocycles. The summed E-state index contributed by atoms with van der Waals surface area (Å²) < 4.78 is 34.8. The number of anilines is 1. The number of nitrogens with zero attached hydrogens (tertiary/aromatic N) is 2. The predicted molar refractivity (Wildman–Crippen MR) is 187 cm³/mol. The number of hydrogen-bond donors (Lipinski definition) is 1. The van der Waals surface area contributed by atoms with Crippen molar-refractivity contribution in [1.29, 1.82) is 0 Å². The van der Waals surface area contributed by atoms with Crippen LogP contribution in [0.15, 0.2) is 102 Å². The van der Waals surface area contributed by atoms with Gasteiger partial charge in [-0.05, 0) is 67.3 Å². The highest BCUT2D eigenvalue weighted by Gasteiger charge is 2.35. The Bertz CT molecular complexity index is 1760. The molecule has 0 heterocycles. The molecule has 0 bridgehead atoms. The first-order valence-electron chi connectivity index (χ1n) is 15.6. The molecule has 47 heavy (non-hydrogen) atoms. The van der Waals surface area contributed by atoms with Crippen molar-refractivity contribution in [3.8, 4) is 5.75 Å². The summed E-state index contributed by atoms with van der Waals surface area (Å²) in [5.74, 6) is -0.477. The maximum Gasteiger partial charge on any atom is 0.264 e. The Kier molecular flexibility index (Phi) is 12.4. The molecule has 0 saturated carbocycles. The number of amides is 2. The van der Waals surface area contributed by atoms with Crippen LogP contribution in [0.2, 0.25) is 5.02 Å². The van der Waals surface area contributed by atoms with Crippen LogP contribution in [0.5, 0.6) is 5.75 Å². The van der Waals surface area contributed by atoms with Crippen LogP contribution >= 0.6 is 11.6 Å². The number of hydrogen-bond acceptors (Lipinski definition) is 5. The van der Waals surface area contributed by atoms with Crippen molar-refractivity contribution in [3.63, 3.8) is 0 Å². The minimum atomic E-state index is -4.25. The summed E-state index contributed by atoms with van der Waals surface area (Å²) in [6.45, 7) is 5.84. The van der Waals surface area contributed by atoms with Crippen LogP contribution in [-0.2, 0) is 32.6 Å². The number of nitrogens with one attached hydrogen (secondary N) is 1. The Balaban J connectivity index is 1.82. The number of methoxy groups -OCH3 is 1. The fraction of sp³-hybridized carbons (Fsp3) is 0.297. The number of aryl methyl sites for hydroxylation is 2. The molecule has 10 heteroatoms. The lowest BCUT2D eigenvalue weighted by molar-refractivity contribution is -0.140. The van der Waals surface area contributed by atoms with Gasteiger partial charge in [0.05, 0.1) is 22.7 Å². The fourth-order valence-corrected chi connectivity index (χ4v) is 6.87. The van der Waals surface area contributed by atoms with Crippen LogP contribution in [0.3, 0.4) is 0 Å². The Morgan fingerprint density at radius 2 is 1.60 bits per heavy atom. The van der Waals surface area contributed by atoms with Gasteiger partial charge in [0.25, 0.3) is 10.0 Å². The van der Waals surface area contributed by atoms with Gasteiger partial charge < -0.3 is 15.0 Å². The summed E-state index contributed by atoms with van der Waals surface area (Å²) >= 11 is 6.46. The van der Waals surface area contributed by atoms with E-state index >= 15 is 0 Å². The molecule has 0 saturated heterocycles. The molecule has 0 spiro atoms. The molecule has 0 aliphatic carbocycles. The lowest BCUT2D eigenvalue weighted by Crippen LogP contribution is -2.53. The lowest BCUT2D eigenvalue weighted by atomic mass is 10.0. The molecule has 4 rings (SSSR count). The van der Waals surface area contributed by atoms with E-state index in [9.17, 15) is 18.0 Å². The highest BCUT2D eigenvalue weighted by Crippen LogP contribution is 2.32. The molecule has 2 amide bonds. The largest absolute Gasteiger partial charge is 0.495 e. The third-order valence-corrected chi connectivity index (χ3v) is 10.1. The third kappa shape index (κ3) is 9.14. The van der Waals surface area contributed by atoms with Gasteiger partial charge in [-0.15, -0.1) is 0 Å². The molecule has 0 unspecified atom stereocenters. The van der Waals surface area contributed by atoms with E-state index in [1.807, 2.05) is 75.4 Å². The van der Waals surface area contributed by atoms with Crippen LogP contribution in [0.25, 0.3) is 0 Å². The maximum atomic E-state index is 14.6. The van der Waals surface area contributed by atoms with Gasteiger partial charge in [-0.25, -0.2) is 8.42 Å². The first kappa shape index (κ1) is 35.5. The minimum Gasteiger partial charge on any atom is -0.495 e. The molecule has 1 atom stereocenters. The molecule has 0 aliphatic heterocycles. The lowest BCUT2D eigenvalue weighted by Gasteiger charge is -2.34. The Labute approximate surface area is 283 Å². The van der Waals surface area contributed by atoms with Crippen molar-refractivity contribution < 1.29 is 22.7 Å². The highest BCUT2D eigenvalue weighted by atomic mass is 35.5. The van der Waals surface area contributed by atoms with Gasteiger partial charge in [-0.2, -0.15) is 0 Å². The van der Waals surface area contributed by atoms with Crippen molar-refractivity contribution in [2.45, 2.75) is 57.5 Å². The van der Waals surface area contributed by atoms with Crippen LogP contribution in [0.4, 0.5) is 5.69 Å². The molecule has 8 nitrogen and oxygen atoms in total. The number of unbranched alkanes of at least 4 members (excludes halogenated alkanes) is 1. The van der Waals surface area contributed by atoms with E-state index in [0.717, 1.165) is 39.4 Å². The minimum absolute atomic E-state index is 0.0199. The summed E-state index contributed by atoms with van der Waals surface area (Å²) in [5, 5.41) is 3.20. The van der Waals surface area contributed by atoms with E-state index in [1.165, 1.54) is 30.2 Å². The molecule has 0 radical (unpaired) electrons. The summed E-state index contributed by atoms with van der Waals surface area (Å²) in [5.41, 5.74) is 3.74. The van der Waals surface area contributed by atoms with Crippen molar-refractivity contribution in [1.82, 2.24) is 10.2 Å².